The lowest BCUT2D eigenvalue weighted by Crippen LogP contribution is -2.31. The van der Waals surface area contributed by atoms with Gasteiger partial charge in [-0.1, -0.05) is 0 Å². The van der Waals surface area contributed by atoms with Crippen molar-refractivity contribution in [3.63, 3.8) is 0 Å². The van der Waals surface area contributed by atoms with Crippen LogP contribution in [0.1, 0.15) is 55.4 Å². The quantitative estimate of drug-likeness (QED) is 0.771. The number of aromatic nitrogens is 4. The zero-order valence-electron chi connectivity index (χ0n) is 14.0. The van der Waals surface area contributed by atoms with Gasteiger partial charge in [0.2, 0.25) is 5.91 Å². The van der Waals surface area contributed by atoms with Crippen molar-refractivity contribution in [2.75, 3.05) is 0 Å². The van der Waals surface area contributed by atoms with Crippen LogP contribution in [-0.4, -0.2) is 25.5 Å². The van der Waals surface area contributed by atoms with Crippen molar-refractivity contribution in [2.24, 2.45) is 0 Å². The van der Waals surface area contributed by atoms with E-state index in [4.69, 9.17) is 0 Å². The molecule has 2 aromatic heterocycles. The number of hydrogen-bond acceptors (Lipinski definition) is 3. The third-order valence-electron chi connectivity index (χ3n) is 3.86. The van der Waals surface area contributed by atoms with E-state index < -0.39 is 42.7 Å². The number of nitrogens with one attached hydrogen (secondary N) is 1. The largest absolute Gasteiger partial charge is 0.348 e. The number of hydrogen-bond donors (Lipinski definition) is 1. The topological polar surface area (TPSA) is 64.7 Å². The summed E-state index contributed by atoms with van der Waals surface area (Å²) >= 11 is 0. The fraction of sp³-hybridized carbons (Fsp3) is 0.533. The highest BCUT2D eigenvalue weighted by Crippen LogP contribution is 2.25. The molecule has 1 atom stereocenters. The zero-order chi connectivity index (χ0) is 18.7. The Kier molecular flexibility index (Phi) is 5.81. The van der Waals surface area contributed by atoms with Crippen molar-refractivity contribution < 1.29 is 22.4 Å². The summed E-state index contributed by atoms with van der Waals surface area (Å²) in [4.78, 5) is 12.1. The van der Waals surface area contributed by atoms with Gasteiger partial charge >= 0.3 is 0 Å². The lowest BCUT2D eigenvalue weighted by Gasteiger charge is -2.15. The minimum absolute atomic E-state index is 0.409. The van der Waals surface area contributed by atoms with Crippen LogP contribution in [0.25, 0.3) is 0 Å². The second kappa shape index (κ2) is 7.66. The minimum Gasteiger partial charge on any atom is -0.348 e. The average molecular weight is 361 g/mol. The van der Waals surface area contributed by atoms with Crippen molar-refractivity contribution >= 4 is 5.91 Å². The maximum absolute atomic E-state index is 12.9. The molecule has 25 heavy (non-hydrogen) atoms. The predicted octanol–water partition coefficient (Wildman–Crippen LogP) is 3.16. The second-order valence-electron chi connectivity index (χ2n) is 5.54. The summed E-state index contributed by atoms with van der Waals surface area (Å²) in [5.41, 5.74) is 0.171. The summed E-state index contributed by atoms with van der Waals surface area (Å²) in [5, 5.41) is 10.2. The van der Waals surface area contributed by atoms with Crippen LogP contribution < -0.4 is 5.32 Å². The molecule has 138 valence electrons. The van der Waals surface area contributed by atoms with E-state index in [9.17, 15) is 22.4 Å². The molecule has 0 saturated carbocycles. The van der Waals surface area contributed by atoms with Gasteiger partial charge < -0.3 is 5.32 Å². The molecule has 2 aromatic rings. The molecule has 0 bridgehead atoms. The number of carbonyl (C=O) groups is 1. The molecule has 0 aromatic carbocycles. The molecule has 0 aliphatic heterocycles. The summed E-state index contributed by atoms with van der Waals surface area (Å²) in [5.74, 6) is -0.609. The van der Waals surface area contributed by atoms with Gasteiger partial charge in [-0.15, -0.1) is 0 Å². The van der Waals surface area contributed by atoms with Crippen molar-refractivity contribution in [3.8, 4) is 0 Å². The van der Waals surface area contributed by atoms with E-state index in [1.165, 1.54) is 0 Å². The van der Waals surface area contributed by atoms with E-state index in [0.29, 0.717) is 17.3 Å². The number of amides is 1. The van der Waals surface area contributed by atoms with Gasteiger partial charge in [-0.25, -0.2) is 17.6 Å². The molecule has 2 rings (SSSR count). The van der Waals surface area contributed by atoms with Gasteiger partial charge in [0.05, 0.1) is 12.2 Å². The van der Waals surface area contributed by atoms with Crippen molar-refractivity contribution in [1.82, 2.24) is 24.9 Å². The van der Waals surface area contributed by atoms with Gasteiger partial charge in [-0.2, -0.15) is 10.2 Å². The van der Waals surface area contributed by atoms with E-state index in [1.54, 1.807) is 17.8 Å². The van der Waals surface area contributed by atoms with E-state index in [1.807, 2.05) is 13.8 Å². The molecule has 10 heteroatoms. The van der Waals surface area contributed by atoms with Crippen LogP contribution in [0.3, 0.4) is 0 Å². The summed E-state index contributed by atoms with van der Waals surface area (Å²) in [6.45, 7) is 5.61. The van der Waals surface area contributed by atoms with Crippen LogP contribution in [0.4, 0.5) is 17.6 Å². The third kappa shape index (κ3) is 4.18. The first-order valence-corrected chi connectivity index (χ1v) is 7.70. The maximum atomic E-state index is 12.9. The van der Waals surface area contributed by atoms with Gasteiger partial charge in [0.1, 0.15) is 17.9 Å². The molecule has 1 N–H and O–H groups in total. The zero-order valence-corrected chi connectivity index (χ0v) is 14.0. The minimum atomic E-state index is -3.00. The third-order valence-corrected chi connectivity index (χ3v) is 3.86. The predicted molar refractivity (Wildman–Crippen MR) is 81.3 cm³/mol. The molecule has 0 aliphatic rings. The molecule has 2 heterocycles. The lowest BCUT2D eigenvalue weighted by molar-refractivity contribution is -0.122. The lowest BCUT2D eigenvalue weighted by atomic mass is 10.1. The van der Waals surface area contributed by atoms with Crippen molar-refractivity contribution in [2.45, 2.75) is 52.8 Å². The number of halogens is 4. The van der Waals surface area contributed by atoms with E-state index in [0.717, 1.165) is 11.3 Å². The number of aryl methyl sites for hydroxylation is 1. The first-order chi connectivity index (χ1) is 11.7. The molecule has 0 fully saturated rings. The van der Waals surface area contributed by atoms with E-state index in [-0.39, 0.29) is 0 Å². The fourth-order valence-electron chi connectivity index (χ4n) is 2.57. The molecule has 0 radical (unpaired) electrons. The Bertz CT molecular complexity index is 740. The Morgan fingerprint density at radius 2 is 1.92 bits per heavy atom. The Hall–Kier alpha value is -2.39. The average Bonchev–Trinajstić information content (AvgIpc) is 3.10. The number of nitrogens with zero attached hydrogens (tertiary/aromatic N) is 4. The van der Waals surface area contributed by atoms with Crippen LogP contribution in [0.5, 0.6) is 0 Å². The molecular weight excluding hydrogens is 342 g/mol. The van der Waals surface area contributed by atoms with Crippen LogP contribution in [-0.2, 0) is 17.9 Å². The molecular formula is C15H19F4N5O. The summed E-state index contributed by atoms with van der Waals surface area (Å²) < 4.78 is 53.5. The van der Waals surface area contributed by atoms with Gasteiger partial charge in [0.15, 0.2) is 0 Å². The molecule has 1 amide bonds. The highest BCUT2D eigenvalue weighted by atomic mass is 19.3. The van der Waals surface area contributed by atoms with Crippen molar-refractivity contribution in [3.05, 3.63) is 34.9 Å². The normalized spacial score (nSPS) is 12.8. The first kappa shape index (κ1) is 18.9. The molecule has 1 unspecified atom stereocenters. The van der Waals surface area contributed by atoms with Crippen LogP contribution in [0, 0.1) is 6.92 Å². The molecule has 0 spiro atoms. The first-order valence-electron chi connectivity index (χ1n) is 7.70. The van der Waals surface area contributed by atoms with E-state index in [2.05, 4.69) is 15.5 Å². The summed E-state index contributed by atoms with van der Waals surface area (Å²) in [6, 6.07) is 0.203. The Balaban J connectivity index is 2.10. The van der Waals surface area contributed by atoms with Crippen molar-refractivity contribution in [1.29, 1.82) is 0 Å². The van der Waals surface area contributed by atoms with Gasteiger partial charge in [-0.3, -0.25) is 14.2 Å². The molecule has 0 saturated heterocycles. The highest BCUT2D eigenvalue weighted by molar-refractivity contribution is 5.76. The Labute approximate surface area is 141 Å². The smallest absolute Gasteiger partial charge is 0.282 e. The van der Waals surface area contributed by atoms with Gasteiger partial charge in [0, 0.05) is 17.8 Å². The summed E-state index contributed by atoms with van der Waals surface area (Å²) in [6.07, 6.45) is -4.37. The van der Waals surface area contributed by atoms with Crippen LogP contribution in [0.2, 0.25) is 0 Å². The highest BCUT2D eigenvalue weighted by Gasteiger charge is 2.23. The monoisotopic (exact) mass is 361 g/mol. The number of rotatable bonds is 7. The second-order valence-corrected chi connectivity index (χ2v) is 5.54. The van der Waals surface area contributed by atoms with Crippen LogP contribution in [0.15, 0.2) is 12.3 Å². The fourth-order valence-corrected chi connectivity index (χ4v) is 2.57. The summed E-state index contributed by atoms with van der Waals surface area (Å²) in [7, 11) is 0. The maximum Gasteiger partial charge on any atom is 0.282 e. The van der Waals surface area contributed by atoms with Gasteiger partial charge in [-0.05, 0) is 26.8 Å². The Morgan fingerprint density at radius 1 is 1.24 bits per heavy atom. The van der Waals surface area contributed by atoms with E-state index >= 15 is 0 Å². The SMILES string of the molecule is CCn1ncc(C(C)NC(=O)Cn2nc(C(F)F)cc2C(F)F)c1C. The molecule has 6 nitrogen and oxygen atoms in total. The molecule has 0 aliphatic carbocycles. The Morgan fingerprint density at radius 3 is 2.44 bits per heavy atom. The standard InChI is InChI=1S/C15H19F4N5O/c1-4-23-9(3)10(6-20-23)8(2)21-13(25)7-24-12(15(18)19)5-11(22-24)14(16)17/h5-6,8,14-15H,4,7H2,1-3H3,(H,21,25). The van der Waals surface area contributed by atoms with Crippen LogP contribution >= 0.6 is 0 Å². The number of carbonyl (C=O) groups excluding carboxylic acids is 1. The number of alkyl halides is 4. The van der Waals surface area contributed by atoms with Gasteiger partial charge in [0.25, 0.3) is 12.9 Å².